The third-order valence-corrected chi connectivity index (χ3v) is 9.65. The first-order valence-electron chi connectivity index (χ1n) is 14.8. The summed E-state index contributed by atoms with van der Waals surface area (Å²) in [6.45, 7) is 13.6. The Hall–Kier alpha value is -4.11. The van der Waals surface area contributed by atoms with E-state index in [-0.39, 0.29) is 64.6 Å². The second kappa shape index (κ2) is 12.8. The van der Waals surface area contributed by atoms with Gasteiger partial charge >= 0.3 is 0 Å². The van der Waals surface area contributed by atoms with Crippen LogP contribution in [0.5, 0.6) is 0 Å². The molecule has 0 radical (unpaired) electrons. The first-order valence-corrected chi connectivity index (χ1v) is 15.9. The minimum atomic E-state index is -1.44. The third-order valence-electron chi connectivity index (χ3n) is 8.60. The van der Waals surface area contributed by atoms with Crippen LogP contribution in [0.4, 0.5) is 20.2 Å². The Kier molecular flexibility index (Phi) is 9.34. The Morgan fingerprint density at radius 1 is 1.19 bits per heavy atom. The van der Waals surface area contributed by atoms with E-state index < -0.39 is 44.5 Å². The van der Waals surface area contributed by atoms with Crippen LogP contribution in [0.2, 0.25) is 15.1 Å². The number of nitrogens with one attached hydrogen (secondary N) is 1. The van der Waals surface area contributed by atoms with Crippen molar-refractivity contribution in [3.05, 3.63) is 79.2 Å². The second-order valence-electron chi connectivity index (χ2n) is 12.1. The molecule has 1 saturated heterocycles. The summed E-state index contributed by atoms with van der Waals surface area (Å²) in [5.74, 6) is -3.13. The van der Waals surface area contributed by atoms with Gasteiger partial charge in [0.1, 0.15) is 22.3 Å². The minimum Gasteiger partial charge on any atom is -0.396 e. The average Bonchev–Trinajstić information content (AvgIpc) is 3.02. The average molecular weight is 703 g/mol. The number of rotatable bonds is 5. The molecule has 47 heavy (non-hydrogen) atoms. The predicted molar refractivity (Wildman–Crippen MR) is 183 cm³/mol. The number of fused-ring (bicyclic) bond motifs is 1. The SMILES string of the molecule is C=CC(=O)N1[C@H](C)CN(c2c(C#N)c(=O)n(C3=C(C)C=CNC3C(C)C)c3nc(-c4c(F)c(F)c(Cl)c(N)c4Cl)c(Cl)cc23)C[C@@H]1C. The van der Waals surface area contributed by atoms with Gasteiger partial charge in [-0.15, -0.1) is 0 Å². The highest BCUT2D eigenvalue weighted by Crippen LogP contribution is 2.44. The van der Waals surface area contributed by atoms with Crippen LogP contribution in [0, 0.1) is 28.9 Å². The number of nitrogen functional groups attached to an aromatic ring is 1. The molecule has 2 aromatic heterocycles. The number of hydrogen-bond donors (Lipinski definition) is 2. The van der Waals surface area contributed by atoms with E-state index in [2.05, 4.69) is 18.0 Å². The van der Waals surface area contributed by atoms with Gasteiger partial charge in [0.2, 0.25) is 5.91 Å². The lowest BCUT2D eigenvalue weighted by Crippen LogP contribution is -2.58. The molecule has 0 bridgehead atoms. The lowest BCUT2D eigenvalue weighted by Gasteiger charge is -2.45. The zero-order valence-corrected chi connectivity index (χ0v) is 28.5. The molecule has 5 rings (SSSR count). The highest BCUT2D eigenvalue weighted by molar-refractivity contribution is 6.41. The van der Waals surface area contributed by atoms with Gasteiger partial charge in [0.15, 0.2) is 11.6 Å². The molecule has 1 fully saturated rings. The fourth-order valence-electron chi connectivity index (χ4n) is 6.51. The number of nitrogens with zero attached hydrogens (tertiary/aromatic N) is 5. The number of nitrogens with two attached hydrogens (primary N) is 1. The summed E-state index contributed by atoms with van der Waals surface area (Å²) in [6.07, 6.45) is 4.80. The molecule has 246 valence electrons. The molecule has 1 aromatic carbocycles. The van der Waals surface area contributed by atoms with Gasteiger partial charge in [0, 0.05) is 30.6 Å². The van der Waals surface area contributed by atoms with E-state index in [0.29, 0.717) is 16.7 Å². The number of hydrogen-bond acceptors (Lipinski definition) is 7. The number of allylic oxidation sites excluding steroid dienone is 2. The molecule has 9 nitrogen and oxygen atoms in total. The van der Waals surface area contributed by atoms with Crippen molar-refractivity contribution in [2.45, 2.75) is 52.7 Å². The highest BCUT2D eigenvalue weighted by atomic mass is 35.5. The van der Waals surface area contributed by atoms with Crippen LogP contribution < -0.4 is 21.5 Å². The van der Waals surface area contributed by atoms with Gasteiger partial charge < -0.3 is 20.9 Å². The van der Waals surface area contributed by atoms with Crippen molar-refractivity contribution in [3.8, 4) is 17.3 Å². The molecule has 2 aliphatic rings. The van der Waals surface area contributed by atoms with E-state index in [1.165, 1.54) is 16.7 Å². The first kappa shape index (κ1) is 34.2. The summed E-state index contributed by atoms with van der Waals surface area (Å²) < 4.78 is 31.8. The van der Waals surface area contributed by atoms with E-state index in [1.807, 2.05) is 39.5 Å². The number of nitriles is 1. The monoisotopic (exact) mass is 701 g/mol. The van der Waals surface area contributed by atoms with Gasteiger partial charge in [-0.3, -0.25) is 14.2 Å². The number of carbonyl (C=O) groups excluding carboxylic acids is 1. The molecule has 1 amide bonds. The molecule has 2 aliphatic heterocycles. The maximum absolute atomic E-state index is 15.6. The number of halogens is 5. The summed E-state index contributed by atoms with van der Waals surface area (Å²) in [4.78, 5) is 35.5. The van der Waals surface area contributed by atoms with Gasteiger partial charge in [-0.2, -0.15) is 5.26 Å². The van der Waals surface area contributed by atoms with Crippen LogP contribution in [0.25, 0.3) is 28.0 Å². The summed E-state index contributed by atoms with van der Waals surface area (Å²) in [7, 11) is 0. The van der Waals surface area contributed by atoms with Crippen LogP contribution in [0.3, 0.4) is 0 Å². The molecule has 0 saturated carbocycles. The van der Waals surface area contributed by atoms with E-state index in [0.717, 1.165) is 0 Å². The van der Waals surface area contributed by atoms with E-state index in [9.17, 15) is 19.2 Å². The van der Waals surface area contributed by atoms with Crippen LogP contribution in [0.1, 0.15) is 40.2 Å². The topological polar surface area (TPSA) is 120 Å². The molecule has 0 aliphatic carbocycles. The van der Waals surface area contributed by atoms with Crippen LogP contribution in [-0.4, -0.2) is 51.6 Å². The van der Waals surface area contributed by atoms with E-state index >= 15 is 4.39 Å². The number of pyridine rings is 2. The second-order valence-corrected chi connectivity index (χ2v) is 13.2. The molecule has 3 atom stereocenters. The quantitative estimate of drug-likeness (QED) is 0.131. The number of amides is 1. The third kappa shape index (κ3) is 5.52. The van der Waals surface area contributed by atoms with Crippen molar-refractivity contribution in [2.24, 2.45) is 5.92 Å². The summed E-state index contributed by atoms with van der Waals surface area (Å²) in [5, 5.41) is 12.9. The molecule has 0 spiro atoms. The van der Waals surface area contributed by atoms with Crippen molar-refractivity contribution in [1.82, 2.24) is 19.8 Å². The maximum atomic E-state index is 15.6. The fraction of sp³-hybridized carbons (Fsp3) is 0.333. The van der Waals surface area contributed by atoms with Gasteiger partial charge in [0.05, 0.1) is 44.4 Å². The van der Waals surface area contributed by atoms with Gasteiger partial charge in [0.25, 0.3) is 5.56 Å². The Morgan fingerprint density at radius 3 is 2.40 bits per heavy atom. The molecule has 1 unspecified atom stereocenters. The van der Waals surface area contributed by atoms with Crippen molar-refractivity contribution in [3.63, 3.8) is 0 Å². The molecule has 3 aromatic rings. The number of anilines is 2. The Bertz CT molecular complexity index is 1980. The molecular formula is C33H32Cl3F2N7O2. The predicted octanol–water partition coefficient (Wildman–Crippen LogP) is 6.74. The largest absolute Gasteiger partial charge is 0.396 e. The number of dihydropyridines is 1. The van der Waals surface area contributed by atoms with Gasteiger partial charge in [-0.25, -0.2) is 13.8 Å². The number of benzene rings is 1. The maximum Gasteiger partial charge on any atom is 0.276 e. The Labute approximate surface area is 285 Å². The number of carbonyl (C=O) groups is 1. The Balaban J connectivity index is 1.92. The lowest BCUT2D eigenvalue weighted by molar-refractivity contribution is -0.130. The van der Waals surface area contributed by atoms with Crippen molar-refractivity contribution in [2.75, 3.05) is 23.7 Å². The van der Waals surface area contributed by atoms with Crippen molar-refractivity contribution < 1.29 is 13.6 Å². The summed E-state index contributed by atoms with van der Waals surface area (Å²) in [6, 6.07) is 2.51. The van der Waals surface area contributed by atoms with Crippen LogP contribution in [0.15, 0.2) is 41.4 Å². The highest BCUT2D eigenvalue weighted by Gasteiger charge is 2.36. The number of aromatic nitrogens is 2. The van der Waals surface area contributed by atoms with Crippen LogP contribution >= 0.6 is 34.8 Å². The molecule has 3 N–H and O–H groups in total. The Morgan fingerprint density at radius 2 is 1.83 bits per heavy atom. The molecular weight excluding hydrogens is 671 g/mol. The minimum absolute atomic E-state index is 0.0230. The van der Waals surface area contributed by atoms with E-state index in [1.54, 1.807) is 17.2 Å². The first-order chi connectivity index (χ1) is 22.2. The lowest BCUT2D eigenvalue weighted by atomic mass is 9.94. The fourth-order valence-corrected chi connectivity index (χ4v) is 7.25. The smallest absolute Gasteiger partial charge is 0.276 e. The zero-order chi connectivity index (χ0) is 34.6. The van der Waals surface area contributed by atoms with Crippen molar-refractivity contribution in [1.29, 1.82) is 5.26 Å². The normalized spacial score (nSPS) is 19.7. The van der Waals surface area contributed by atoms with Gasteiger partial charge in [-0.05, 0) is 56.7 Å². The molecule has 4 heterocycles. The zero-order valence-electron chi connectivity index (χ0n) is 26.3. The standard InChI is InChI=1S/C33H32Cl3F2N7O2/c1-7-21(46)44-16(5)12-43(13-17(44)6)31-18-10-20(34)29(22-23(35)27(40)24(36)26(38)25(22)37)42-32(18)45(33(47)19(31)11-39)30-15(4)8-9-41-28(30)14(2)3/h7-10,14,16-17,28,41H,1,12-13,40H2,2-6H3/t16-,17+,28?. The van der Waals surface area contributed by atoms with Crippen LogP contribution in [-0.2, 0) is 4.79 Å². The number of piperazine rings is 1. The summed E-state index contributed by atoms with van der Waals surface area (Å²) >= 11 is 19.1. The van der Waals surface area contributed by atoms with E-state index in [4.69, 9.17) is 45.5 Å². The summed E-state index contributed by atoms with van der Waals surface area (Å²) in [5.41, 5.74) is 5.35. The van der Waals surface area contributed by atoms with Crippen molar-refractivity contribution >= 4 is 68.8 Å². The van der Waals surface area contributed by atoms with Gasteiger partial charge in [-0.1, -0.05) is 55.2 Å². The molecule has 14 heteroatoms.